The first-order chi connectivity index (χ1) is 22.3. The lowest BCUT2D eigenvalue weighted by Crippen LogP contribution is -2.40. The maximum atomic E-state index is 13.8. The number of pyridine rings is 1. The third kappa shape index (κ3) is 8.47. The van der Waals surface area contributed by atoms with Crippen molar-refractivity contribution in [1.29, 1.82) is 0 Å². The summed E-state index contributed by atoms with van der Waals surface area (Å²) in [6.07, 6.45) is 3.51. The highest BCUT2D eigenvalue weighted by Gasteiger charge is 2.42. The summed E-state index contributed by atoms with van der Waals surface area (Å²) in [5, 5.41) is -0.855. The molecule has 1 aromatic heterocycles. The number of amides is 1. The molecular formula is C31H31Cl2F2N3O7S2. The van der Waals surface area contributed by atoms with E-state index in [0.29, 0.717) is 29.4 Å². The monoisotopic (exact) mass is 729 g/mol. The number of thioether (sulfide) groups is 1. The van der Waals surface area contributed by atoms with Gasteiger partial charge in [0.25, 0.3) is 5.91 Å². The average molecular weight is 731 g/mol. The van der Waals surface area contributed by atoms with Gasteiger partial charge in [-0.25, -0.2) is 13.2 Å². The van der Waals surface area contributed by atoms with Crippen LogP contribution in [0.3, 0.4) is 0 Å². The van der Waals surface area contributed by atoms with E-state index < -0.39 is 34.1 Å². The lowest BCUT2D eigenvalue weighted by atomic mass is 10.0. The van der Waals surface area contributed by atoms with Gasteiger partial charge in [0.1, 0.15) is 6.10 Å². The minimum Gasteiger partial charge on any atom is -0.489 e. The number of carbonyl (C=O) groups is 2. The number of hydrogen-bond acceptors (Lipinski definition) is 9. The fourth-order valence-corrected chi connectivity index (χ4v) is 8.45. The summed E-state index contributed by atoms with van der Waals surface area (Å²) in [5.41, 5.74) is 0.926. The van der Waals surface area contributed by atoms with Crippen molar-refractivity contribution in [2.45, 2.75) is 42.2 Å². The molecule has 1 saturated carbocycles. The van der Waals surface area contributed by atoms with E-state index >= 15 is 0 Å². The number of nitrogens with zero attached hydrogens (tertiary/aromatic N) is 3. The molecule has 0 spiro atoms. The van der Waals surface area contributed by atoms with Gasteiger partial charge in [-0.15, -0.1) is 11.8 Å². The highest BCUT2D eigenvalue weighted by atomic mass is 35.5. The van der Waals surface area contributed by atoms with Crippen LogP contribution < -0.4 is 9.47 Å². The van der Waals surface area contributed by atoms with Crippen LogP contribution in [0.15, 0.2) is 59.8 Å². The fraction of sp³-hybridized carbons (Fsp3) is 0.387. The predicted molar refractivity (Wildman–Crippen MR) is 173 cm³/mol. The van der Waals surface area contributed by atoms with E-state index in [2.05, 4.69) is 9.72 Å². The van der Waals surface area contributed by atoms with Crippen LogP contribution in [0, 0.1) is 5.92 Å². The molecule has 0 radical (unpaired) electrons. The molecule has 2 atom stereocenters. The van der Waals surface area contributed by atoms with Crippen molar-refractivity contribution in [1.82, 2.24) is 14.2 Å². The number of halogens is 4. The van der Waals surface area contributed by atoms with Gasteiger partial charge in [-0.05, 0) is 60.2 Å². The molecule has 47 heavy (non-hydrogen) atoms. The van der Waals surface area contributed by atoms with Crippen LogP contribution in [0.25, 0.3) is 0 Å². The Morgan fingerprint density at radius 3 is 2.47 bits per heavy atom. The summed E-state index contributed by atoms with van der Waals surface area (Å²) in [7, 11) is -1.13. The Morgan fingerprint density at radius 1 is 1.09 bits per heavy atom. The van der Waals surface area contributed by atoms with Crippen LogP contribution in [-0.2, 0) is 26.0 Å². The Labute approximate surface area is 285 Å². The summed E-state index contributed by atoms with van der Waals surface area (Å²) < 4.78 is 71.5. The molecule has 1 aliphatic heterocycles. The van der Waals surface area contributed by atoms with Gasteiger partial charge in [0.15, 0.2) is 16.9 Å². The zero-order valence-corrected chi connectivity index (χ0v) is 28.4. The number of esters is 1. The Balaban J connectivity index is 1.46. The lowest BCUT2D eigenvalue weighted by molar-refractivity contribution is -0.150. The Kier molecular flexibility index (Phi) is 11.2. The molecule has 2 fully saturated rings. The predicted octanol–water partition coefficient (Wildman–Crippen LogP) is 6.07. The summed E-state index contributed by atoms with van der Waals surface area (Å²) in [6, 6.07) is 9.79. The highest BCUT2D eigenvalue weighted by molar-refractivity contribution is 8.02. The molecule has 5 rings (SSSR count). The molecule has 1 saturated heterocycles. The molecule has 0 bridgehead atoms. The number of ether oxygens (including phenoxy) is 3. The highest BCUT2D eigenvalue weighted by Crippen LogP contribution is 2.39. The zero-order chi connectivity index (χ0) is 33.9. The van der Waals surface area contributed by atoms with Crippen molar-refractivity contribution in [2.24, 2.45) is 5.92 Å². The summed E-state index contributed by atoms with van der Waals surface area (Å²) >= 11 is 13.9. The van der Waals surface area contributed by atoms with Gasteiger partial charge in [-0.1, -0.05) is 35.3 Å². The second-order valence-electron chi connectivity index (χ2n) is 11.1. The second kappa shape index (κ2) is 14.9. The van der Waals surface area contributed by atoms with Crippen molar-refractivity contribution in [3.8, 4) is 11.5 Å². The van der Waals surface area contributed by atoms with E-state index in [1.54, 1.807) is 14.1 Å². The second-order valence-corrected chi connectivity index (χ2v) is 15.0. The van der Waals surface area contributed by atoms with Gasteiger partial charge < -0.3 is 19.1 Å². The van der Waals surface area contributed by atoms with Gasteiger partial charge in [0.2, 0.25) is 10.0 Å². The Morgan fingerprint density at radius 2 is 1.81 bits per heavy atom. The van der Waals surface area contributed by atoms with Gasteiger partial charge in [0, 0.05) is 50.8 Å². The SMILES string of the molecule is CN(C)C(=O)c1cccc(S(=O)(=O)N2CCSC2C(=O)OC(Cc2c(Cl)cncc2Cl)c2ccc(OC(F)F)c(OCC3CC3)c2)c1. The molecule has 3 aromatic rings. The van der Waals surface area contributed by atoms with Crippen molar-refractivity contribution in [3.05, 3.63) is 81.6 Å². The zero-order valence-electron chi connectivity index (χ0n) is 25.3. The van der Waals surface area contributed by atoms with Crippen molar-refractivity contribution < 1.29 is 41.0 Å². The van der Waals surface area contributed by atoms with Crippen LogP contribution in [0.4, 0.5) is 8.78 Å². The standard InChI is InChI=1S/C31H31Cl2F2N3O7S2/c1-37(2)28(39)20-4-3-5-21(12-20)47(41,42)38-10-11-46-29(38)30(40)44-26(14-22-23(32)15-36-16-24(22)33)19-8-9-25(45-31(34)35)27(13-19)43-17-18-6-7-18/h3-5,8-9,12-13,15-16,18,26,29,31H,6-7,10-11,14,17H2,1-2H3. The van der Waals surface area contributed by atoms with E-state index in [9.17, 15) is 26.8 Å². The number of rotatable bonds is 13. The normalized spacial score (nSPS) is 17.4. The van der Waals surface area contributed by atoms with Gasteiger partial charge in [-0.2, -0.15) is 13.1 Å². The van der Waals surface area contributed by atoms with E-state index in [0.717, 1.165) is 28.9 Å². The summed E-state index contributed by atoms with van der Waals surface area (Å²) in [6.45, 7) is -2.78. The number of benzene rings is 2. The fourth-order valence-electron chi connectivity index (χ4n) is 4.84. The molecule has 1 aliphatic carbocycles. The van der Waals surface area contributed by atoms with Crippen molar-refractivity contribution in [3.63, 3.8) is 0 Å². The molecule has 252 valence electrons. The lowest BCUT2D eigenvalue weighted by Gasteiger charge is -2.26. The molecule has 2 aliphatic rings. The third-order valence-corrected chi connectivity index (χ3v) is 11.3. The number of alkyl halides is 2. The van der Waals surface area contributed by atoms with Crippen LogP contribution >= 0.6 is 35.0 Å². The van der Waals surface area contributed by atoms with Crippen molar-refractivity contribution >= 4 is 56.9 Å². The molecule has 1 amide bonds. The summed E-state index contributed by atoms with van der Waals surface area (Å²) in [5.74, 6) is -0.787. The average Bonchev–Trinajstić information content (AvgIpc) is 3.72. The first-order valence-corrected chi connectivity index (χ1v) is 17.7. The number of sulfonamides is 1. The molecular weight excluding hydrogens is 699 g/mol. The number of aromatic nitrogens is 1. The maximum Gasteiger partial charge on any atom is 0.387 e. The Hall–Kier alpha value is -3.17. The molecule has 2 aromatic carbocycles. The smallest absolute Gasteiger partial charge is 0.387 e. The largest absolute Gasteiger partial charge is 0.489 e. The number of carbonyl (C=O) groups excluding carboxylic acids is 2. The van der Waals surface area contributed by atoms with Gasteiger partial charge >= 0.3 is 12.6 Å². The number of hydrogen-bond donors (Lipinski definition) is 0. The van der Waals surface area contributed by atoms with E-state index in [1.165, 1.54) is 59.8 Å². The maximum absolute atomic E-state index is 13.8. The molecule has 10 nitrogen and oxygen atoms in total. The molecule has 16 heteroatoms. The molecule has 2 unspecified atom stereocenters. The van der Waals surface area contributed by atoms with E-state index in [4.69, 9.17) is 32.7 Å². The van der Waals surface area contributed by atoms with Crippen molar-refractivity contribution in [2.75, 3.05) is 33.0 Å². The molecule has 2 heterocycles. The minimum atomic E-state index is -4.24. The Bertz CT molecular complexity index is 1730. The minimum absolute atomic E-state index is 0.0180. The summed E-state index contributed by atoms with van der Waals surface area (Å²) in [4.78, 5) is 31.5. The van der Waals surface area contributed by atoms with Crippen LogP contribution in [0.5, 0.6) is 11.5 Å². The van der Waals surface area contributed by atoms with Crippen LogP contribution in [0.1, 0.15) is 40.4 Å². The molecule has 0 N–H and O–H groups in total. The third-order valence-electron chi connectivity index (χ3n) is 7.47. The van der Waals surface area contributed by atoms with Gasteiger partial charge in [-0.3, -0.25) is 9.78 Å². The first-order valence-electron chi connectivity index (χ1n) is 14.5. The van der Waals surface area contributed by atoms with Gasteiger partial charge in [0.05, 0.1) is 21.5 Å². The van der Waals surface area contributed by atoms with E-state index in [1.807, 2.05) is 0 Å². The first kappa shape index (κ1) is 35.1. The topological polar surface area (TPSA) is 115 Å². The van der Waals surface area contributed by atoms with Crippen LogP contribution in [-0.4, -0.2) is 79.5 Å². The van der Waals surface area contributed by atoms with E-state index in [-0.39, 0.29) is 50.9 Å². The van der Waals surface area contributed by atoms with Crippen LogP contribution in [0.2, 0.25) is 10.0 Å². The quantitative estimate of drug-likeness (QED) is 0.193.